The van der Waals surface area contributed by atoms with Gasteiger partial charge in [-0.2, -0.15) is 0 Å². The van der Waals surface area contributed by atoms with Gasteiger partial charge in [-0.05, 0) is 72.7 Å². The Kier molecular flexibility index (Phi) is 6.92. The molecule has 0 spiro atoms. The van der Waals surface area contributed by atoms with Crippen molar-refractivity contribution in [1.29, 1.82) is 0 Å². The van der Waals surface area contributed by atoms with Crippen LogP contribution in [0, 0.1) is 5.82 Å². The van der Waals surface area contributed by atoms with Crippen molar-refractivity contribution in [1.82, 2.24) is 0 Å². The van der Waals surface area contributed by atoms with Crippen LogP contribution >= 0.6 is 0 Å². The summed E-state index contributed by atoms with van der Waals surface area (Å²) in [5, 5.41) is 10.3. The normalized spacial score (nSPS) is 15.2. The average molecular weight is 461 g/mol. The zero-order valence-corrected chi connectivity index (χ0v) is 20.4. The molecular formula is C29H33FN2O2. The van der Waals surface area contributed by atoms with Gasteiger partial charge in [-0.15, -0.1) is 0 Å². The first-order chi connectivity index (χ1) is 16.3. The summed E-state index contributed by atoms with van der Waals surface area (Å²) in [7, 11) is 3.98. The van der Waals surface area contributed by atoms with E-state index in [1.807, 2.05) is 55.4 Å². The number of fused-ring (bicyclic) bond motifs is 1. The van der Waals surface area contributed by atoms with Gasteiger partial charge in [0.15, 0.2) is 0 Å². The van der Waals surface area contributed by atoms with Crippen molar-refractivity contribution >= 4 is 17.3 Å². The Labute approximate surface area is 201 Å². The molecule has 1 amide bonds. The number of phenols is 1. The van der Waals surface area contributed by atoms with Gasteiger partial charge in [0.05, 0.1) is 12.5 Å². The first kappa shape index (κ1) is 23.8. The fraction of sp³-hybridized carbons (Fsp3) is 0.345. The van der Waals surface area contributed by atoms with Gasteiger partial charge < -0.3 is 14.9 Å². The number of carbonyl (C=O) groups excluding carboxylic acids is 1. The molecule has 1 unspecified atom stereocenters. The number of halogens is 1. The third-order valence-electron chi connectivity index (χ3n) is 6.78. The fourth-order valence-corrected chi connectivity index (χ4v) is 4.74. The maximum Gasteiger partial charge on any atom is 0.234 e. The quantitative estimate of drug-likeness (QED) is 0.465. The van der Waals surface area contributed by atoms with E-state index in [2.05, 4.69) is 26.0 Å². The Balaban J connectivity index is 1.72. The molecule has 1 aliphatic carbocycles. The lowest BCUT2D eigenvalue weighted by atomic mass is 9.81. The number of benzene rings is 3. The molecule has 178 valence electrons. The lowest BCUT2D eigenvalue weighted by Crippen LogP contribution is -2.36. The van der Waals surface area contributed by atoms with Crippen molar-refractivity contribution in [2.24, 2.45) is 0 Å². The van der Waals surface area contributed by atoms with Gasteiger partial charge in [-0.25, -0.2) is 4.39 Å². The number of hydrogen-bond acceptors (Lipinski definition) is 3. The van der Waals surface area contributed by atoms with Gasteiger partial charge in [-0.1, -0.05) is 38.1 Å². The Morgan fingerprint density at radius 3 is 2.26 bits per heavy atom. The molecule has 5 heteroatoms. The van der Waals surface area contributed by atoms with Gasteiger partial charge in [0.1, 0.15) is 11.6 Å². The molecular weight excluding hydrogens is 427 g/mol. The van der Waals surface area contributed by atoms with Gasteiger partial charge in [-0.3, -0.25) is 4.79 Å². The van der Waals surface area contributed by atoms with E-state index in [1.165, 1.54) is 17.7 Å². The molecule has 0 fully saturated rings. The lowest BCUT2D eigenvalue weighted by molar-refractivity contribution is -0.120. The van der Waals surface area contributed by atoms with E-state index >= 15 is 0 Å². The number of hydrogen-bond donors (Lipinski definition) is 1. The van der Waals surface area contributed by atoms with E-state index in [4.69, 9.17) is 0 Å². The highest BCUT2D eigenvalue weighted by molar-refractivity contribution is 5.98. The summed E-state index contributed by atoms with van der Waals surface area (Å²) in [4.78, 5) is 17.8. The third-order valence-corrected chi connectivity index (χ3v) is 6.78. The molecule has 3 aromatic rings. The SMILES string of the molecule is CC(C)c1ccc(N(Cc2ccc(N(C)C)cc2)C(=O)C2CCCc3c(O)ccc(F)c32)cc1. The molecule has 0 saturated carbocycles. The maximum absolute atomic E-state index is 14.9. The molecule has 3 aromatic carbocycles. The summed E-state index contributed by atoms with van der Waals surface area (Å²) in [6.07, 6.45) is 1.88. The molecule has 1 aliphatic rings. The standard InChI is InChI=1S/C29H33FN2O2/c1-19(2)21-10-14-23(15-11-21)32(18-20-8-12-22(13-9-20)31(3)4)29(34)25-7-5-6-24-27(33)17-16-26(30)28(24)25/h8-17,19,25,33H,5-7,18H2,1-4H3. The summed E-state index contributed by atoms with van der Waals surface area (Å²) in [6, 6.07) is 18.8. The van der Waals surface area contributed by atoms with Crippen LogP contribution in [0.1, 0.15) is 60.8 Å². The van der Waals surface area contributed by atoms with E-state index < -0.39 is 11.7 Å². The second-order valence-electron chi connectivity index (χ2n) is 9.64. The first-order valence-electron chi connectivity index (χ1n) is 11.9. The summed E-state index contributed by atoms with van der Waals surface area (Å²) in [5.41, 5.74) is 4.99. The minimum atomic E-state index is -0.623. The largest absolute Gasteiger partial charge is 0.508 e. The zero-order valence-electron chi connectivity index (χ0n) is 20.4. The van der Waals surface area contributed by atoms with E-state index in [0.29, 0.717) is 36.4 Å². The van der Waals surface area contributed by atoms with Gasteiger partial charge in [0.25, 0.3) is 0 Å². The first-order valence-corrected chi connectivity index (χ1v) is 11.9. The highest BCUT2D eigenvalue weighted by atomic mass is 19.1. The van der Waals surface area contributed by atoms with Crippen molar-refractivity contribution in [3.63, 3.8) is 0 Å². The van der Waals surface area contributed by atoms with Crippen LogP contribution in [-0.4, -0.2) is 25.1 Å². The predicted octanol–water partition coefficient (Wildman–Crippen LogP) is 6.37. The number of phenolic OH excluding ortho intramolecular Hbond substituents is 1. The topological polar surface area (TPSA) is 43.8 Å². The van der Waals surface area contributed by atoms with Gasteiger partial charge in [0, 0.05) is 36.6 Å². The second kappa shape index (κ2) is 9.88. The summed E-state index contributed by atoms with van der Waals surface area (Å²) in [5.74, 6) is -0.725. The van der Waals surface area contributed by atoms with Crippen molar-refractivity contribution in [2.75, 3.05) is 23.9 Å². The molecule has 0 aromatic heterocycles. The summed E-state index contributed by atoms with van der Waals surface area (Å²) >= 11 is 0. The van der Waals surface area contributed by atoms with Gasteiger partial charge in [0.2, 0.25) is 5.91 Å². The van der Waals surface area contributed by atoms with Crippen LogP contribution in [0.5, 0.6) is 5.75 Å². The average Bonchev–Trinajstić information content (AvgIpc) is 2.84. The number of rotatable bonds is 6. The molecule has 0 aliphatic heterocycles. The van der Waals surface area contributed by atoms with Crippen LogP contribution in [0.3, 0.4) is 0 Å². The zero-order chi connectivity index (χ0) is 24.4. The smallest absolute Gasteiger partial charge is 0.234 e. The summed E-state index contributed by atoms with van der Waals surface area (Å²) < 4.78 is 14.9. The van der Waals surface area contributed by atoms with Crippen molar-refractivity contribution < 1.29 is 14.3 Å². The summed E-state index contributed by atoms with van der Waals surface area (Å²) in [6.45, 7) is 4.66. The lowest BCUT2D eigenvalue weighted by Gasteiger charge is -2.32. The van der Waals surface area contributed by atoms with Crippen LogP contribution in [0.15, 0.2) is 60.7 Å². The predicted molar refractivity (Wildman–Crippen MR) is 136 cm³/mol. The monoisotopic (exact) mass is 460 g/mol. The van der Waals surface area contributed by atoms with Crippen LogP contribution in [0.2, 0.25) is 0 Å². The van der Waals surface area contributed by atoms with Crippen molar-refractivity contribution in [3.8, 4) is 5.75 Å². The molecule has 4 rings (SSSR count). The van der Waals surface area contributed by atoms with Crippen LogP contribution in [0.4, 0.5) is 15.8 Å². The van der Waals surface area contributed by atoms with Gasteiger partial charge >= 0.3 is 0 Å². The van der Waals surface area contributed by atoms with Crippen molar-refractivity contribution in [3.05, 3.63) is 88.7 Å². The van der Waals surface area contributed by atoms with E-state index in [-0.39, 0.29) is 11.7 Å². The van der Waals surface area contributed by atoms with Crippen LogP contribution in [-0.2, 0) is 17.8 Å². The number of carbonyl (C=O) groups is 1. The number of nitrogens with zero attached hydrogens (tertiary/aromatic N) is 2. The molecule has 0 heterocycles. The maximum atomic E-state index is 14.9. The molecule has 1 atom stereocenters. The molecule has 34 heavy (non-hydrogen) atoms. The molecule has 1 N–H and O–H groups in total. The molecule has 0 bridgehead atoms. The Bertz CT molecular complexity index is 1150. The molecule has 4 nitrogen and oxygen atoms in total. The minimum absolute atomic E-state index is 0.0704. The Morgan fingerprint density at radius 1 is 1.00 bits per heavy atom. The van der Waals surface area contributed by atoms with Crippen LogP contribution in [0.25, 0.3) is 0 Å². The number of amides is 1. The second-order valence-corrected chi connectivity index (χ2v) is 9.64. The molecule has 0 radical (unpaired) electrons. The highest BCUT2D eigenvalue weighted by Gasteiger charge is 2.34. The Hall–Kier alpha value is -3.34. The van der Waals surface area contributed by atoms with Crippen molar-refractivity contribution in [2.45, 2.75) is 51.5 Å². The van der Waals surface area contributed by atoms with E-state index in [0.717, 1.165) is 23.4 Å². The Morgan fingerprint density at radius 2 is 1.65 bits per heavy atom. The van der Waals surface area contributed by atoms with E-state index in [9.17, 15) is 14.3 Å². The number of aromatic hydroxyl groups is 1. The number of anilines is 2. The minimum Gasteiger partial charge on any atom is -0.508 e. The van der Waals surface area contributed by atoms with Crippen LogP contribution < -0.4 is 9.80 Å². The fourth-order valence-electron chi connectivity index (χ4n) is 4.74. The van der Waals surface area contributed by atoms with E-state index in [1.54, 1.807) is 4.90 Å². The molecule has 0 saturated heterocycles. The highest BCUT2D eigenvalue weighted by Crippen LogP contribution is 2.40. The third kappa shape index (κ3) is 4.79.